The molecule has 2 aromatic carbocycles. The minimum atomic E-state index is -4.77. The molecule has 5 rings (SSSR count). The Hall–Kier alpha value is -3.60. The first-order valence-electron chi connectivity index (χ1n) is 12.2. The summed E-state index contributed by atoms with van der Waals surface area (Å²) in [5.41, 5.74) is 1.60. The quantitative estimate of drug-likeness (QED) is 0.537. The fraction of sp³-hybridized carbons (Fsp3) is 0.423. The zero-order valence-electron chi connectivity index (χ0n) is 20.0. The number of halogens is 3. The number of alkyl halides is 3. The molecule has 1 aromatic heterocycles. The predicted octanol–water partition coefficient (Wildman–Crippen LogP) is 4.79. The second-order valence-corrected chi connectivity index (χ2v) is 9.47. The van der Waals surface area contributed by atoms with Crippen molar-refractivity contribution in [2.24, 2.45) is 0 Å². The van der Waals surface area contributed by atoms with E-state index in [1.807, 2.05) is 30.3 Å². The van der Waals surface area contributed by atoms with Crippen molar-refractivity contribution in [3.8, 4) is 17.1 Å². The number of amides is 2. The molecule has 3 aromatic rings. The van der Waals surface area contributed by atoms with E-state index in [-0.39, 0.29) is 23.6 Å². The van der Waals surface area contributed by atoms with Gasteiger partial charge in [0.1, 0.15) is 5.75 Å². The van der Waals surface area contributed by atoms with E-state index in [9.17, 15) is 23.1 Å². The predicted molar refractivity (Wildman–Crippen MR) is 127 cm³/mol. The first-order valence-corrected chi connectivity index (χ1v) is 12.2. The van der Waals surface area contributed by atoms with Gasteiger partial charge in [0.05, 0.1) is 12.0 Å². The smallest absolute Gasteiger partial charge is 0.406 e. The third-order valence-corrected chi connectivity index (χ3v) is 6.86. The van der Waals surface area contributed by atoms with Gasteiger partial charge in [-0.2, -0.15) is 4.98 Å². The van der Waals surface area contributed by atoms with Crippen molar-refractivity contribution < 1.29 is 32.3 Å². The SMILES string of the molecule is O=C(N1CCC(O)CC1)N1C[C@H](c2ccc(OC(F)(F)F)cc2)C[C@H](c2nc(-c3ccccc3)no2)C1. The number of ether oxygens (including phenoxy) is 1. The number of hydrogen-bond donors (Lipinski definition) is 1. The summed E-state index contributed by atoms with van der Waals surface area (Å²) in [4.78, 5) is 21.5. The number of likely N-dealkylation sites (tertiary alicyclic amines) is 2. The van der Waals surface area contributed by atoms with Crippen LogP contribution < -0.4 is 4.74 Å². The normalized spacial score (nSPS) is 21.2. The van der Waals surface area contributed by atoms with Crippen LogP contribution >= 0.6 is 0 Å². The van der Waals surface area contributed by atoms with Crippen molar-refractivity contribution in [1.82, 2.24) is 19.9 Å². The molecule has 1 N–H and O–H groups in total. The van der Waals surface area contributed by atoms with Crippen molar-refractivity contribution in [2.45, 2.75) is 43.6 Å². The Morgan fingerprint density at radius 3 is 2.32 bits per heavy atom. The maximum Gasteiger partial charge on any atom is 0.573 e. The number of urea groups is 1. The summed E-state index contributed by atoms with van der Waals surface area (Å²) in [6.45, 7) is 1.70. The van der Waals surface area contributed by atoms with Crippen molar-refractivity contribution in [3.05, 3.63) is 66.1 Å². The standard InChI is InChI=1S/C26H27F3N4O4/c27-26(28,29)36-22-8-6-17(7-9-22)19-14-20(24-30-23(31-37-24)18-4-2-1-3-5-18)16-33(15-19)25(35)32-12-10-21(34)11-13-32/h1-9,19-21,34H,10-16H2/t19-,20+/m1/s1. The van der Waals surface area contributed by atoms with Crippen LogP contribution in [0.3, 0.4) is 0 Å². The highest BCUT2D eigenvalue weighted by atomic mass is 19.4. The van der Waals surface area contributed by atoms with Gasteiger partial charge in [0, 0.05) is 37.7 Å². The minimum absolute atomic E-state index is 0.138. The minimum Gasteiger partial charge on any atom is -0.406 e. The van der Waals surface area contributed by atoms with Crippen molar-refractivity contribution in [3.63, 3.8) is 0 Å². The lowest BCUT2D eigenvalue weighted by atomic mass is 9.84. The van der Waals surface area contributed by atoms with Crippen LogP contribution in [0.5, 0.6) is 5.75 Å². The molecular formula is C26H27F3N4O4. The molecule has 2 fully saturated rings. The highest BCUT2D eigenvalue weighted by Crippen LogP contribution is 2.37. The largest absolute Gasteiger partial charge is 0.573 e. The van der Waals surface area contributed by atoms with Crippen LogP contribution in [0.1, 0.15) is 42.6 Å². The molecule has 0 saturated carbocycles. The van der Waals surface area contributed by atoms with E-state index < -0.39 is 12.5 Å². The molecule has 0 spiro atoms. The van der Waals surface area contributed by atoms with Gasteiger partial charge in [-0.3, -0.25) is 0 Å². The van der Waals surface area contributed by atoms with E-state index in [0.29, 0.717) is 57.2 Å². The molecule has 2 aliphatic rings. The molecule has 37 heavy (non-hydrogen) atoms. The van der Waals surface area contributed by atoms with Gasteiger partial charge < -0.3 is 24.2 Å². The first kappa shape index (κ1) is 25.1. The molecule has 3 heterocycles. The number of benzene rings is 2. The first-order chi connectivity index (χ1) is 17.7. The maximum atomic E-state index is 13.4. The average Bonchev–Trinajstić information content (AvgIpc) is 3.39. The number of aromatic nitrogens is 2. The highest BCUT2D eigenvalue weighted by molar-refractivity contribution is 5.75. The van der Waals surface area contributed by atoms with Crippen LogP contribution in [-0.4, -0.2) is 69.7 Å². The fourth-order valence-corrected chi connectivity index (χ4v) is 4.98. The summed E-state index contributed by atoms with van der Waals surface area (Å²) in [6.07, 6.45) is -3.54. The monoisotopic (exact) mass is 516 g/mol. The molecule has 2 atom stereocenters. The third-order valence-electron chi connectivity index (χ3n) is 6.86. The zero-order valence-corrected chi connectivity index (χ0v) is 20.0. The number of aliphatic hydroxyl groups is 1. The Bertz CT molecular complexity index is 1190. The Kier molecular flexibility index (Phi) is 7.05. The molecule has 2 amide bonds. The number of hydrogen-bond acceptors (Lipinski definition) is 6. The molecule has 2 aliphatic heterocycles. The topological polar surface area (TPSA) is 91.9 Å². The highest BCUT2D eigenvalue weighted by Gasteiger charge is 2.37. The van der Waals surface area contributed by atoms with E-state index in [2.05, 4.69) is 14.9 Å². The van der Waals surface area contributed by atoms with Crippen LogP contribution in [0, 0.1) is 0 Å². The Morgan fingerprint density at radius 1 is 0.973 bits per heavy atom. The molecule has 0 unspecified atom stereocenters. The van der Waals surface area contributed by atoms with E-state index in [4.69, 9.17) is 4.52 Å². The number of piperidine rings is 2. The lowest BCUT2D eigenvalue weighted by Crippen LogP contribution is -2.51. The number of rotatable bonds is 4. The van der Waals surface area contributed by atoms with E-state index in [1.165, 1.54) is 12.1 Å². The molecule has 8 nitrogen and oxygen atoms in total. The van der Waals surface area contributed by atoms with Gasteiger partial charge in [0.15, 0.2) is 0 Å². The number of carbonyl (C=O) groups is 1. The van der Waals surface area contributed by atoms with E-state index in [1.54, 1.807) is 21.9 Å². The van der Waals surface area contributed by atoms with Gasteiger partial charge in [-0.05, 0) is 37.0 Å². The lowest BCUT2D eigenvalue weighted by Gasteiger charge is -2.40. The summed E-state index contributed by atoms with van der Waals surface area (Å²) < 4.78 is 47.4. The zero-order chi connectivity index (χ0) is 26.0. The van der Waals surface area contributed by atoms with Gasteiger partial charge in [0.2, 0.25) is 11.7 Å². The summed E-state index contributed by atoms with van der Waals surface area (Å²) in [7, 11) is 0. The second kappa shape index (κ2) is 10.4. The number of nitrogens with zero attached hydrogens (tertiary/aromatic N) is 4. The number of aliphatic hydroxyl groups excluding tert-OH is 1. The van der Waals surface area contributed by atoms with Gasteiger partial charge in [-0.1, -0.05) is 47.6 Å². The average molecular weight is 517 g/mol. The van der Waals surface area contributed by atoms with Crippen molar-refractivity contribution >= 4 is 6.03 Å². The van der Waals surface area contributed by atoms with Crippen molar-refractivity contribution in [2.75, 3.05) is 26.2 Å². The van der Waals surface area contributed by atoms with Gasteiger partial charge in [-0.25, -0.2) is 4.79 Å². The Balaban J connectivity index is 1.38. The molecule has 0 radical (unpaired) electrons. The maximum absolute atomic E-state index is 13.4. The summed E-state index contributed by atoms with van der Waals surface area (Å²) in [5.74, 6) is 0.147. The molecule has 0 aliphatic carbocycles. The fourth-order valence-electron chi connectivity index (χ4n) is 4.98. The van der Waals surface area contributed by atoms with Crippen LogP contribution in [-0.2, 0) is 0 Å². The van der Waals surface area contributed by atoms with Crippen LogP contribution in [0.2, 0.25) is 0 Å². The van der Waals surface area contributed by atoms with Gasteiger partial charge in [-0.15, -0.1) is 13.2 Å². The third kappa shape index (κ3) is 6.04. The van der Waals surface area contributed by atoms with E-state index in [0.717, 1.165) is 11.1 Å². The summed E-state index contributed by atoms with van der Waals surface area (Å²) in [6, 6.07) is 15.0. The summed E-state index contributed by atoms with van der Waals surface area (Å²) in [5, 5.41) is 14.0. The van der Waals surface area contributed by atoms with Gasteiger partial charge in [0.25, 0.3) is 0 Å². The second-order valence-electron chi connectivity index (χ2n) is 9.47. The number of carbonyl (C=O) groups excluding carboxylic acids is 1. The Labute approximate surface area is 211 Å². The van der Waals surface area contributed by atoms with Crippen LogP contribution in [0.15, 0.2) is 59.1 Å². The van der Waals surface area contributed by atoms with Crippen LogP contribution in [0.4, 0.5) is 18.0 Å². The lowest BCUT2D eigenvalue weighted by molar-refractivity contribution is -0.274. The van der Waals surface area contributed by atoms with E-state index >= 15 is 0 Å². The molecular weight excluding hydrogens is 489 g/mol. The molecule has 196 valence electrons. The van der Waals surface area contributed by atoms with Crippen LogP contribution in [0.25, 0.3) is 11.4 Å². The molecule has 11 heteroatoms. The Morgan fingerprint density at radius 2 is 1.65 bits per heavy atom. The molecule has 0 bridgehead atoms. The van der Waals surface area contributed by atoms with Crippen molar-refractivity contribution in [1.29, 1.82) is 0 Å². The van der Waals surface area contributed by atoms with Gasteiger partial charge >= 0.3 is 12.4 Å². The summed E-state index contributed by atoms with van der Waals surface area (Å²) >= 11 is 0. The molecule has 2 saturated heterocycles.